The van der Waals surface area contributed by atoms with Gasteiger partial charge in [-0.05, 0) is 55.3 Å². The van der Waals surface area contributed by atoms with E-state index in [1.54, 1.807) is 0 Å². The van der Waals surface area contributed by atoms with Crippen LogP contribution < -0.4 is 10.0 Å². The zero-order valence-electron chi connectivity index (χ0n) is 15.3. The molecule has 0 fully saturated rings. The van der Waals surface area contributed by atoms with Crippen LogP contribution in [0.3, 0.4) is 0 Å². The highest BCUT2D eigenvalue weighted by Crippen LogP contribution is 2.18. The normalized spacial score (nSPS) is 12.8. The van der Waals surface area contributed by atoms with Crippen molar-refractivity contribution in [2.45, 2.75) is 37.8 Å². The van der Waals surface area contributed by atoms with E-state index in [1.165, 1.54) is 24.3 Å². The van der Waals surface area contributed by atoms with E-state index in [-0.39, 0.29) is 23.4 Å². The maximum atomic E-state index is 12.6. The van der Waals surface area contributed by atoms with Crippen molar-refractivity contribution in [2.24, 2.45) is 0 Å². The van der Waals surface area contributed by atoms with Crippen LogP contribution in [0.1, 0.15) is 36.2 Å². The summed E-state index contributed by atoms with van der Waals surface area (Å²) in [5, 5.41) is 3.84. The van der Waals surface area contributed by atoms with Crippen LogP contribution in [0.15, 0.2) is 59.6 Å². The molecule has 0 bridgehead atoms. The van der Waals surface area contributed by atoms with Crippen molar-refractivity contribution < 1.29 is 13.2 Å². The Kier molecular flexibility index (Phi) is 5.62. The van der Waals surface area contributed by atoms with Gasteiger partial charge in [-0.15, -0.1) is 0 Å². The van der Waals surface area contributed by atoms with Crippen LogP contribution in [0.25, 0.3) is 10.9 Å². The molecular weight excluding hydrogens is 362 g/mol. The maximum Gasteiger partial charge on any atom is 0.251 e. The highest BCUT2D eigenvalue weighted by Gasteiger charge is 2.16. The second-order valence-electron chi connectivity index (χ2n) is 6.49. The first kappa shape index (κ1) is 19.1. The number of carbonyl (C=O) groups is 1. The molecule has 3 aromatic rings. The number of H-pyrrole nitrogens is 1. The van der Waals surface area contributed by atoms with Gasteiger partial charge in [0.25, 0.3) is 5.91 Å². The van der Waals surface area contributed by atoms with Crippen molar-refractivity contribution in [1.82, 2.24) is 15.0 Å². The van der Waals surface area contributed by atoms with Crippen LogP contribution in [0, 0.1) is 0 Å². The zero-order valence-corrected chi connectivity index (χ0v) is 16.1. The molecule has 0 saturated carbocycles. The van der Waals surface area contributed by atoms with Gasteiger partial charge in [-0.25, -0.2) is 13.1 Å². The molecule has 0 saturated heterocycles. The van der Waals surface area contributed by atoms with Gasteiger partial charge in [-0.1, -0.05) is 19.1 Å². The van der Waals surface area contributed by atoms with Gasteiger partial charge in [0.2, 0.25) is 10.0 Å². The number of nitrogens with one attached hydrogen (secondary N) is 3. The third-order valence-electron chi connectivity index (χ3n) is 4.55. The first-order valence-electron chi connectivity index (χ1n) is 8.86. The summed E-state index contributed by atoms with van der Waals surface area (Å²) in [6.45, 7) is 4.10. The van der Waals surface area contributed by atoms with E-state index in [0.29, 0.717) is 5.56 Å². The van der Waals surface area contributed by atoms with Gasteiger partial charge in [0, 0.05) is 35.2 Å². The lowest BCUT2D eigenvalue weighted by Crippen LogP contribution is -2.32. The summed E-state index contributed by atoms with van der Waals surface area (Å²) in [5.74, 6) is -0.208. The van der Waals surface area contributed by atoms with Gasteiger partial charge in [-0.3, -0.25) is 4.79 Å². The molecule has 7 heteroatoms. The van der Waals surface area contributed by atoms with Crippen molar-refractivity contribution in [1.29, 1.82) is 0 Å². The highest BCUT2D eigenvalue weighted by molar-refractivity contribution is 7.89. The summed E-state index contributed by atoms with van der Waals surface area (Å²) in [5.41, 5.74) is 2.29. The molecule has 6 nitrogen and oxygen atoms in total. The fourth-order valence-corrected chi connectivity index (χ4v) is 3.76. The summed E-state index contributed by atoms with van der Waals surface area (Å²) in [4.78, 5) is 15.3. The van der Waals surface area contributed by atoms with Gasteiger partial charge < -0.3 is 10.3 Å². The van der Waals surface area contributed by atoms with Gasteiger partial charge in [0.05, 0.1) is 4.90 Å². The SMILES string of the molecule is CCC(C)NC(=O)c1ccc(S(=O)(=O)NCc2cccc3[nH]ccc23)cc1. The molecule has 0 aliphatic carbocycles. The number of benzene rings is 2. The number of amides is 1. The summed E-state index contributed by atoms with van der Waals surface area (Å²) in [6.07, 6.45) is 2.65. The summed E-state index contributed by atoms with van der Waals surface area (Å²) in [7, 11) is -3.67. The molecular formula is C20H23N3O3S. The third kappa shape index (κ3) is 4.37. The Morgan fingerprint density at radius 3 is 2.56 bits per heavy atom. The molecule has 0 aliphatic rings. The highest BCUT2D eigenvalue weighted by atomic mass is 32.2. The number of aromatic amines is 1. The summed E-state index contributed by atoms with van der Waals surface area (Å²) < 4.78 is 27.8. The second kappa shape index (κ2) is 7.94. The van der Waals surface area contributed by atoms with Crippen LogP contribution in [0.4, 0.5) is 0 Å². The van der Waals surface area contributed by atoms with E-state index in [0.717, 1.165) is 22.9 Å². The molecule has 2 aromatic carbocycles. The first-order valence-corrected chi connectivity index (χ1v) is 10.3. The molecule has 3 N–H and O–H groups in total. The number of hydrogen-bond donors (Lipinski definition) is 3. The number of hydrogen-bond acceptors (Lipinski definition) is 3. The molecule has 1 amide bonds. The number of aromatic nitrogens is 1. The Balaban J connectivity index is 1.71. The molecule has 27 heavy (non-hydrogen) atoms. The minimum Gasteiger partial charge on any atom is -0.361 e. The van der Waals surface area contributed by atoms with E-state index in [4.69, 9.17) is 0 Å². The fourth-order valence-electron chi connectivity index (χ4n) is 2.76. The smallest absolute Gasteiger partial charge is 0.251 e. The average molecular weight is 385 g/mol. The quantitative estimate of drug-likeness (QED) is 0.583. The molecule has 1 unspecified atom stereocenters. The summed E-state index contributed by atoms with van der Waals surface area (Å²) in [6, 6.07) is 13.7. The Labute approximate surface area is 159 Å². The van der Waals surface area contributed by atoms with Gasteiger partial charge >= 0.3 is 0 Å². The minimum atomic E-state index is -3.67. The first-order chi connectivity index (χ1) is 12.9. The van der Waals surface area contributed by atoms with E-state index in [2.05, 4.69) is 15.0 Å². The third-order valence-corrected chi connectivity index (χ3v) is 5.97. The predicted octanol–water partition coefficient (Wildman–Crippen LogP) is 3.17. The van der Waals surface area contributed by atoms with E-state index >= 15 is 0 Å². The van der Waals surface area contributed by atoms with Crippen molar-refractivity contribution >= 4 is 26.8 Å². The maximum absolute atomic E-state index is 12.6. The van der Waals surface area contributed by atoms with Crippen LogP contribution in [-0.4, -0.2) is 25.4 Å². The molecule has 0 spiro atoms. The van der Waals surface area contributed by atoms with E-state index in [1.807, 2.05) is 44.3 Å². The largest absolute Gasteiger partial charge is 0.361 e. The van der Waals surface area contributed by atoms with Crippen LogP contribution in [-0.2, 0) is 16.6 Å². The minimum absolute atomic E-state index is 0.0683. The molecule has 1 aromatic heterocycles. The van der Waals surface area contributed by atoms with Crippen LogP contribution in [0.5, 0.6) is 0 Å². The van der Waals surface area contributed by atoms with Crippen molar-refractivity contribution in [3.8, 4) is 0 Å². The van der Waals surface area contributed by atoms with Gasteiger partial charge in [-0.2, -0.15) is 0 Å². The fraction of sp³-hybridized carbons (Fsp3) is 0.250. The number of carbonyl (C=O) groups excluding carboxylic acids is 1. The lowest BCUT2D eigenvalue weighted by atomic mass is 10.1. The Morgan fingerprint density at radius 1 is 1.11 bits per heavy atom. The number of rotatable bonds is 7. The summed E-state index contributed by atoms with van der Waals surface area (Å²) >= 11 is 0. The molecule has 1 heterocycles. The van der Waals surface area contributed by atoms with Crippen LogP contribution >= 0.6 is 0 Å². The predicted molar refractivity (Wildman–Crippen MR) is 106 cm³/mol. The average Bonchev–Trinajstić information content (AvgIpc) is 3.15. The van der Waals surface area contributed by atoms with E-state index < -0.39 is 10.0 Å². The lowest BCUT2D eigenvalue weighted by Gasteiger charge is -2.12. The molecule has 0 radical (unpaired) electrons. The van der Waals surface area contributed by atoms with E-state index in [9.17, 15) is 13.2 Å². The topological polar surface area (TPSA) is 91.1 Å². The zero-order chi connectivity index (χ0) is 19.4. The Hall–Kier alpha value is -2.64. The van der Waals surface area contributed by atoms with Crippen molar-refractivity contribution in [3.63, 3.8) is 0 Å². The molecule has 0 aliphatic heterocycles. The Bertz CT molecular complexity index is 1040. The van der Waals surface area contributed by atoms with Crippen LogP contribution in [0.2, 0.25) is 0 Å². The number of sulfonamides is 1. The molecule has 142 valence electrons. The second-order valence-corrected chi connectivity index (χ2v) is 8.25. The van der Waals surface area contributed by atoms with Gasteiger partial charge in [0.1, 0.15) is 0 Å². The van der Waals surface area contributed by atoms with Gasteiger partial charge in [0.15, 0.2) is 0 Å². The number of fused-ring (bicyclic) bond motifs is 1. The standard InChI is InChI=1S/C20H23N3O3S/c1-3-14(2)23-20(24)15-7-9-17(10-8-15)27(25,26)22-13-16-5-4-6-19-18(16)11-12-21-19/h4-12,14,21-22H,3,13H2,1-2H3,(H,23,24). The van der Waals surface area contributed by atoms with Crippen molar-refractivity contribution in [2.75, 3.05) is 0 Å². The Morgan fingerprint density at radius 2 is 1.85 bits per heavy atom. The monoisotopic (exact) mass is 385 g/mol. The lowest BCUT2D eigenvalue weighted by molar-refractivity contribution is 0.0939. The van der Waals surface area contributed by atoms with Crippen molar-refractivity contribution in [3.05, 3.63) is 65.9 Å². The molecule has 1 atom stereocenters. The molecule has 3 rings (SSSR count).